The molecular weight excluding hydrogens is 238 g/mol. The Morgan fingerprint density at radius 2 is 2.00 bits per heavy atom. The van der Waals surface area contributed by atoms with Crippen LogP contribution in [0.4, 0.5) is 5.69 Å². The summed E-state index contributed by atoms with van der Waals surface area (Å²) in [6, 6.07) is 7.25. The molecule has 0 aliphatic heterocycles. The predicted molar refractivity (Wildman–Crippen MR) is 68.1 cm³/mol. The number of hydrogen-bond donors (Lipinski definition) is 1. The first-order chi connectivity index (χ1) is 8.08. The number of hydrogen-bond acceptors (Lipinski definition) is 3. The van der Waals surface area contributed by atoms with Gasteiger partial charge in [-0.1, -0.05) is 11.6 Å². The zero-order valence-electron chi connectivity index (χ0n) is 9.77. The van der Waals surface area contributed by atoms with Crippen LogP contribution in [0.15, 0.2) is 24.3 Å². The van der Waals surface area contributed by atoms with Gasteiger partial charge < -0.3 is 10.5 Å². The first-order valence-corrected chi connectivity index (χ1v) is 5.62. The van der Waals surface area contributed by atoms with Crippen molar-refractivity contribution in [1.29, 1.82) is 0 Å². The topological polar surface area (TPSA) is 53.1 Å². The van der Waals surface area contributed by atoms with Gasteiger partial charge in [-0.25, -0.2) is 0 Å². The van der Waals surface area contributed by atoms with Crippen molar-refractivity contribution in [2.24, 2.45) is 7.05 Å². The van der Waals surface area contributed by atoms with E-state index in [9.17, 15) is 0 Å². The summed E-state index contributed by atoms with van der Waals surface area (Å²) >= 11 is 6.11. The lowest BCUT2D eigenvalue weighted by Crippen LogP contribution is -1.97. The molecule has 0 fully saturated rings. The van der Waals surface area contributed by atoms with Gasteiger partial charge in [0.25, 0.3) is 0 Å². The van der Waals surface area contributed by atoms with Crippen molar-refractivity contribution in [2.45, 2.75) is 13.5 Å². The van der Waals surface area contributed by atoms with Gasteiger partial charge in [0.15, 0.2) is 0 Å². The molecule has 0 unspecified atom stereocenters. The molecule has 0 saturated heterocycles. The van der Waals surface area contributed by atoms with E-state index >= 15 is 0 Å². The first kappa shape index (κ1) is 11.8. The van der Waals surface area contributed by atoms with E-state index in [1.54, 1.807) is 16.8 Å². The van der Waals surface area contributed by atoms with Crippen molar-refractivity contribution >= 4 is 17.3 Å². The van der Waals surface area contributed by atoms with Crippen LogP contribution in [0.1, 0.15) is 11.3 Å². The summed E-state index contributed by atoms with van der Waals surface area (Å²) in [5.74, 6) is 0.763. The number of nitrogen functional groups attached to an aromatic ring is 1. The van der Waals surface area contributed by atoms with E-state index in [0.717, 1.165) is 17.0 Å². The number of ether oxygens (including phenoxy) is 1. The minimum absolute atomic E-state index is 0.405. The fourth-order valence-corrected chi connectivity index (χ4v) is 1.79. The molecule has 4 nitrogen and oxygen atoms in total. The minimum Gasteiger partial charge on any atom is -0.489 e. The van der Waals surface area contributed by atoms with E-state index in [2.05, 4.69) is 5.10 Å². The van der Waals surface area contributed by atoms with Crippen LogP contribution in [0.5, 0.6) is 5.75 Å². The highest BCUT2D eigenvalue weighted by Crippen LogP contribution is 2.21. The molecule has 0 amide bonds. The van der Waals surface area contributed by atoms with Crippen LogP contribution >= 0.6 is 11.6 Å². The lowest BCUT2D eigenvalue weighted by molar-refractivity contribution is 0.305. The molecule has 0 aliphatic rings. The lowest BCUT2D eigenvalue weighted by atomic mass is 10.3. The third-order valence-electron chi connectivity index (χ3n) is 2.53. The van der Waals surface area contributed by atoms with Gasteiger partial charge in [-0.3, -0.25) is 4.68 Å². The van der Waals surface area contributed by atoms with Crippen LogP contribution < -0.4 is 10.5 Å². The Bertz CT molecular complexity index is 519. The number of benzene rings is 1. The molecule has 2 N–H and O–H groups in total. The summed E-state index contributed by atoms with van der Waals surface area (Å²) in [4.78, 5) is 0. The molecule has 1 aromatic carbocycles. The van der Waals surface area contributed by atoms with Crippen molar-refractivity contribution < 1.29 is 4.74 Å². The average Bonchev–Trinajstić information content (AvgIpc) is 2.54. The molecule has 17 heavy (non-hydrogen) atoms. The van der Waals surface area contributed by atoms with Gasteiger partial charge in [0.05, 0.1) is 5.69 Å². The summed E-state index contributed by atoms with van der Waals surface area (Å²) in [5.41, 5.74) is 8.10. The van der Waals surface area contributed by atoms with E-state index in [1.165, 1.54) is 0 Å². The van der Waals surface area contributed by atoms with Crippen LogP contribution in [0, 0.1) is 6.92 Å². The number of aryl methyl sites for hydroxylation is 2. The second-order valence-electron chi connectivity index (χ2n) is 3.84. The van der Waals surface area contributed by atoms with E-state index in [1.807, 2.05) is 26.1 Å². The van der Waals surface area contributed by atoms with Gasteiger partial charge in [0.1, 0.15) is 17.5 Å². The maximum absolute atomic E-state index is 6.11. The highest BCUT2D eigenvalue weighted by Gasteiger charge is 2.11. The summed E-state index contributed by atoms with van der Waals surface area (Å²) in [7, 11) is 1.81. The monoisotopic (exact) mass is 251 g/mol. The predicted octanol–water partition coefficient (Wildman–Crippen LogP) is 2.54. The van der Waals surface area contributed by atoms with Gasteiger partial charge >= 0.3 is 0 Å². The molecule has 0 saturated carbocycles. The van der Waals surface area contributed by atoms with Crippen molar-refractivity contribution in [2.75, 3.05) is 5.73 Å². The number of nitrogens with two attached hydrogens (primary N) is 1. The standard InChI is InChI=1S/C12H14ClN3O/c1-8-11(12(13)16(2)15-8)7-17-10-5-3-9(14)4-6-10/h3-6H,7,14H2,1-2H3. The Kier molecular flexibility index (Phi) is 3.24. The number of aromatic nitrogens is 2. The number of nitrogens with zero attached hydrogens (tertiary/aromatic N) is 2. The summed E-state index contributed by atoms with van der Waals surface area (Å²) in [5, 5.41) is 4.83. The molecule has 1 heterocycles. The zero-order valence-corrected chi connectivity index (χ0v) is 10.5. The molecule has 0 aliphatic carbocycles. The van der Waals surface area contributed by atoms with Crippen LogP contribution in [0.2, 0.25) is 5.15 Å². The van der Waals surface area contributed by atoms with Crippen LogP contribution in [-0.4, -0.2) is 9.78 Å². The molecule has 0 bridgehead atoms. The number of anilines is 1. The smallest absolute Gasteiger partial charge is 0.133 e. The van der Waals surface area contributed by atoms with Crippen molar-refractivity contribution in [1.82, 2.24) is 9.78 Å². The van der Waals surface area contributed by atoms with Crippen LogP contribution in [0.3, 0.4) is 0 Å². The molecule has 0 radical (unpaired) electrons. The summed E-state index contributed by atoms with van der Waals surface area (Å²) in [6.45, 7) is 2.32. The fourth-order valence-electron chi connectivity index (χ4n) is 1.56. The second kappa shape index (κ2) is 4.67. The third kappa shape index (κ3) is 2.53. The first-order valence-electron chi connectivity index (χ1n) is 5.24. The van der Waals surface area contributed by atoms with Crippen molar-refractivity contribution in [3.63, 3.8) is 0 Å². The molecule has 2 rings (SSSR count). The van der Waals surface area contributed by atoms with Gasteiger partial charge in [0.2, 0.25) is 0 Å². The van der Waals surface area contributed by atoms with Gasteiger partial charge in [-0.2, -0.15) is 5.10 Å². The average molecular weight is 252 g/mol. The lowest BCUT2D eigenvalue weighted by Gasteiger charge is -2.06. The highest BCUT2D eigenvalue weighted by atomic mass is 35.5. The number of rotatable bonds is 3. The summed E-state index contributed by atoms with van der Waals surface area (Å²) in [6.07, 6.45) is 0. The normalized spacial score (nSPS) is 10.5. The Balaban J connectivity index is 2.09. The molecular formula is C12H14ClN3O. The van der Waals surface area contributed by atoms with Gasteiger partial charge in [0, 0.05) is 18.3 Å². The Labute approximate surface area is 105 Å². The van der Waals surface area contributed by atoms with E-state index in [-0.39, 0.29) is 0 Å². The van der Waals surface area contributed by atoms with Crippen LogP contribution in [0.25, 0.3) is 0 Å². The minimum atomic E-state index is 0.405. The van der Waals surface area contributed by atoms with E-state index in [0.29, 0.717) is 17.4 Å². The SMILES string of the molecule is Cc1nn(C)c(Cl)c1COc1ccc(N)cc1. The third-order valence-corrected chi connectivity index (χ3v) is 3.01. The molecule has 90 valence electrons. The van der Waals surface area contributed by atoms with Crippen molar-refractivity contribution in [3.8, 4) is 5.75 Å². The Morgan fingerprint density at radius 1 is 1.35 bits per heavy atom. The zero-order chi connectivity index (χ0) is 12.4. The van der Waals surface area contributed by atoms with E-state index < -0.39 is 0 Å². The Hall–Kier alpha value is -1.68. The van der Waals surface area contributed by atoms with Gasteiger partial charge in [-0.15, -0.1) is 0 Å². The van der Waals surface area contributed by atoms with Crippen LogP contribution in [-0.2, 0) is 13.7 Å². The molecule has 5 heteroatoms. The highest BCUT2D eigenvalue weighted by molar-refractivity contribution is 6.30. The summed E-state index contributed by atoms with van der Waals surface area (Å²) < 4.78 is 7.27. The van der Waals surface area contributed by atoms with Crippen molar-refractivity contribution in [3.05, 3.63) is 40.7 Å². The van der Waals surface area contributed by atoms with Gasteiger partial charge in [-0.05, 0) is 31.2 Å². The maximum Gasteiger partial charge on any atom is 0.133 e. The molecule has 0 spiro atoms. The largest absolute Gasteiger partial charge is 0.489 e. The van der Waals surface area contributed by atoms with E-state index in [4.69, 9.17) is 22.1 Å². The Morgan fingerprint density at radius 3 is 2.53 bits per heavy atom. The number of halogens is 1. The molecule has 2 aromatic rings. The maximum atomic E-state index is 6.11. The fraction of sp³-hybridized carbons (Fsp3) is 0.250. The molecule has 0 atom stereocenters. The second-order valence-corrected chi connectivity index (χ2v) is 4.19. The molecule has 1 aromatic heterocycles. The quantitative estimate of drug-likeness (QED) is 0.853.